The number of nitrogens with one attached hydrogen (secondary N) is 1. The van der Waals surface area contributed by atoms with Crippen LogP contribution < -0.4 is 5.32 Å². The summed E-state index contributed by atoms with van der Waals surface area (Å²) in [5.74, 6) is 0.368. The number of rotatable bonds is 10. The van der Waals surface area contributed by atoms with Crippen molar-refractivity contribution in [1.29, 1.82) is 0 Å². The fourth-order valence-corrected chi connectivity index (χ4v) is 4.43. The number of unbranched alkanes of at least 4 members (excludes halogenated alkanes) is 1. The van der Waals surface area contributed by atoms with Gasteiger partial charge in [0.2, 0.25) is 0 Å². The van der Waals surface area contributed by atoms with E-state index in [1.165, 1.54) is 0 Å². The van der Waals surface area contributed by atoms with Gasteiger partial charge in [-0.3, -0.25) is 14.6 Å². The lowest BCUT2D eigenvalue weighted by Crippen LogP contribution is -2.24. The lowest BCUT2D eigenvalue weighted by atomic mass is 9.91. The molecule has 3 aromatic carbocycles. The Balaban J connectivity index is 1.72. The van der Waals surface area contributed by atoms with Crippen molar-refractivity contribution < 1.29 is 9.59 Å². The Morgan fingerprint density at radius 2 is 1.64 bits per heavy atom. The average molecular weight is 479 g/mol. The van der Waals surface area contributed by atoms with Crippen LogP contribution in [0.4, 0.5) is 0 Å². The molecule has 0 aliphatic rings. The number of Topliss-reactive ketones (excluding diaryl/α,β-unsaturated/α-hetero) is 1. The van der Waals surface area contributed by atoms with Crippen molar-refractivity contribution >= 4 is 22.6 Å². The van der Waals surface area contributed by atoms with Gasteiger partial charge in [0.05, 0.1) is 5.52 Å². The van der Waals surface area contributed by atoms with E-state index in [0.29, 0.717) is 30.5 Å². The second-order valence-electron chi connectivity index (χ2n) is 9.75. The fraction of sp³-hybridized carbons (Fsp3) is 0.281. The van der Waals surface area contributed by atoms with E-state index < -0.39 is 0 Å². The second-order valence-corrected chi connectivity index (χ2v) is 9.75. The smallest absolute Gasteiger partial charge is 0.251 e. The van der Waals surface area contributed by atoms with E-state index in [1.807, 2.05) is 54.6 Å². The summed E-state index contributed by atoms with van der Waals surface area (Å²) in [4.78, 5) is 30.2. The Bertz CT molecular complexity index is 1340. The van der Waals surface area contributed by atoms with E-state index >= 15 is 0 Å². The summed E-state index contributed by atoms with van der Waals surface area (Å²) in [6.07, 6.45) is 4.93. The number of amides is 1. The van der Waals surface area contributed by atoms with Crippen LogP contribution in [-0.2, 0) is 6.42 Å². The molecule has 4 rings (SSSR count). The van der Waals surface area contributed by atoms with Gasteiger partial charge in [0.1, 0.15) is 0 Å². The molecule has 0 spiro atoms. The molecule has 0 aliphatic heterocycles. The molecule has 1 N–H and O–H groups in total. The molecule has 184 valence electrons. The van der Waals surface area contributed by atoms with Gasteiger partial charge >= 0.3 is 0 Å². The van der Waals surface area contributed by atoms with Crippen LogP contribution in [0.1, 0.15) is 71.9 Å². The number of nitrogens with zero attached hydrogens (tertiary/aromatic N) is 1. The van der Waals surface area contributed by atoms with Crippen LogP contribution in [0.25, 0.3) is 22.0 Å². The summed E-state index contributed by atoms with van der Waals surface area (Å²) < 4.78 is 0. The van der Waals surface area contributed by atoms with Gasteiger partial charge in [0, 0.05) is 35.7 Å². The molecule has 0 unspecified atom stereocenters. The number of benzene rings is 3. The summed E-state index contributed by atoms with van der Waals surface area (Å²) >= 11 is 0. The molecule has 1 amide bonds. The zero-order chi connectivity index (χ0) is 25.5. The molecular formula is C32H34N2O2. The number of hydrogen-bond donors (Lipinski definition) is 1. The van der Waals surface area contributed by atoms with E-state index in [-0.39, 0.29) is 17.6 Å². The van der Waals surface area contributed by atoms with Crippen molar-refractivity contribution in [3.05, 3.63) is 101 Å². The number of fused-ring (bicyclic) bond motifs is 1. The first-order valence-electron chi connectivity index (χ1n) is 12.8. The lowest BCUT2D eigenvalue weighted by Gasteiger charge is -2.14. The molecule has 0 fully saturated rings. The molecule has 4 aromatic rings. The second kappa shape index (κ2) is 11.8. The van der Waals surface area contributed by atoms with E-state index in [1.54, 1.807) is 6.20 Å². The number of aromatic nitrogens is 1. The zero-order valence-corrected chi connectivity index (χ0v) is 21.4. The zero-order valence-electron chi connectivity index (χ0n) is 21.4. The largest absolute Gasteiger partial charge is 0.352 e. The van der Waals surface area contributed by atoms with Crippen LogP contribution in [0.3, 0.4) is 0 Å². The molecule has 0 aliphatic carbocycles. The van der Waals surface area contributed by atoms with Crippen LogP contribution in [0, 0.1) is 5.92 Å². The maximum Gasteiger partial charge on any atom is 0.251 e. The Morgan fingerprint density at radius 1 is 0.917 bits per heavy atom. The summed E-state index contributed by atoms with van der Waals surface area (Å²) in [6, 6.07) is 24.1. The third-order valence-corrected chi connectivity index (χ3v) is 6.39. The van der Waals surface area contributed by atoms with Crippen molar-refractivity contribution in [2.24, 2.45) is 5.92 Å². The van der Waals surface area contributed by atoms with Gasteiger partial charge in [-0.15, -0.1) is 0 Å². The normalized spacial score (nSPS) is 11.1. The maximum atomic E-state index is 13.2. The van der Waals surface area contributed by atoms with Gasteiger partial charge in [-0.25, -0.2) is 0 Å². The highest BCUT2D eigenvalue weighted by molar-refractivity contribution is 6.02. The minimum Gasteiger partial charge on any atom is -0.352 e. The lowest BCUT2D eigenvalue weighted by molar-refractivity contribution is 0.0949. The average Bonchev–Trinajstić information content (AvgIpc) is 2.89. The van der Waals surface area contributed by atoms with Gasteiger partial charge in [-0.05, 0) is 65.3 Å². The SMILES string of the molecule is CCCCNC(=O)c1ccc(-c2ccc3ncc(C(=O)CC(C)C)c(Cc4ccccc4)c3c2)cc1. The highest BCUT2D eigenvalue weighted by Gasteiger charge is 2.18. The molecular weight excluding hydrogens is 444 g/mol. The van der Waals surface area contributed by atoms with Crippen molar-refractivity contribution in [2.45, 2.75) is 46.5 Å². The molecule has 0 bridgehead atoms. The fourth-order valence-electron chi connectivity index (χ4n) is 4.43. The molecule has 0 radical (unpaired) electrons. The first-order chi connectivity index (χ1) is 17.5. The molecule has 0 saturated carbocycles. The number of ketones is 1. The number of carbonyl (C=O) groups excluding carboxylic acids is 2. The standard InChI is InChI=1S/C32H34N2O2/c1-4-5-17-33-32(36)25-13-11-24(12-14-25)26-15-16-30-28(20-26)27(19-23-9-7-6-8-10-23)29(21-34-30)31(35)18-22(2)3/h6-16,20-22H,4-5,17-19H2,1-3H3,(H,33,36). The quantitative estimate of drug-likeness (QED) is 0.193. The van der Waals surface area contributed by atoms with Gasteiger partial charge in [0.25, 0.3) is 5.91 Å². The van der Waals surface area contributed by atoms with Crippen molar-refractivity contribution in [3.63, 3.8) is 0 Å². The Kier molecular flexibility index (Phi) is 8.27. The van der Waals surface area contributed by atoms with E-state index in [4.69, 9.17) is 0 Å². The van der Waals surface area contributed by atoms with Crippen molar-refractivity contribution in [2.75, 3.05) is 6.54 Å². The minimum absolute atomic E-state index is 0.0452. The van der Waals surface area contributed by atoms with Crippen molar-refractivity contribution in [1.82, 2.24) is 10.3 Å². The molecule has 0 atom stereocenters. The first-order valence-corrected chi connectivity index (χ1v) is 12.8. The Labute approximate surface area is 213 Å². The highest BCUT2D eigenvalue weighted by atomic mass is 16.1. The summed E-state index contributed by atoms with van der Waals surface area (Å²) in [5, 5.41) is 3.96. The summed E-state index contributed by atoms with van der Waals surface area (Å²) in [6.45, 7) is 6.93. The highest BCUT2D eigenvalue weighted by Crippen LogP contribution is 2.30. The van der Waals surface area contributed by atoms with Crippen molar-refractivity contribution in [3.8, 4) is 11.1 Å². The predicted octanol–water partition coefficient (Wildman–Crippen LogP) is 7.25. The van der Waals surface area contributed by atoms with Crippen LogP contribution in [-0.4, -0.2) is 23.2 Å². The third kappa shape index (κ3) is 6.06. The van der Waals surface area contributed by atoms with Gasteiger partial charge in [-0.2, -0.15) is 0 Å². The first kappa shape index (κ1) is 25.3. The minimum atomic E-state index is -0.0452. The van der Waals surface area contributed by atoms with E-state index in [9.17, 15) is 9.59 Å². The monoisotopic (exact) mass is 478 g/mol. The Morgan fingerprint density at radius 3 is 2.33 bits per heavy atom. The molecule has 36 heavy (non-hydrogen) atoms. The molecule has 4 nitrogen and oxygen atoms in total. The van der Waals surface area contributed by atoms with Crippen LogP contribution in [0.2, 0.25) is 0 Å². The van der Waals surface area contributed by atoms with Gasteiger partial charge in [0.15, 0.2) is 5.78 Å². The molecule has 1 aromatic heterocycles. The summed E-state index contributed by atoms with van der Waals surface area (Å²) in [5.41, 5.74) is 6.47. The van der Waals surface area contributed by atoms with E-state index in [0.717, 1.165) is 46.0 Å². The van der Waals surface area contributed by atoms with Gasteiger partial charge in [-0.1, -0.05) is 75.7 Å². The topological polar surface area (TPSA) is 59.1 Å². The van der Waals surface area contributed by atoms with Crippen LogP contribution >= 0.6 is 0 Å². The number of pyridine rings is 1. The summed E-state index contributed by atoms with van der Waals surface area (Å²) in [7, 11) is 0. The predicted molar refractivity (Wildman–Crippen MR) is 147 cm³/mol. The Hall–Kier alpha value is -3.79. The number of hydrogen-bond acceptors (Lipinski definition) is 3. The molecule has 0 saturated heterocycles. The molecule has 1 heterocycles. The molecule has 4 heteroatoms. The van der Waals surface area contributed by atoms with Crippen LogP contribution in [0.15, 0.2) is 79.0 Å². The maximum absolute atomic E-state index is 13.2. The van der Waals surface area contributed by atoms with E-state index in [2.05, 4.69) is 49.3 Å². The van der Waals surface area contributed by atoms with Crippen LogP contribution in [0.5, 0.6) is 0 Å². The number of carbonyl (C=O) groups is 2. The van der Waals surface area contributed by atoms with Gasteiger partial charge < -0.3 is 5.32 Å². The third-order valence-electron chi connectivity index (χ3n) is 6.39.